The summed E-state index contributed by atoms with van der Waals surface area (Å²) < 4.78 is 12.3. The maximum absolute atomic E-state index is 8.16. The highest BCUT2D eigenvalue weighted by Crippen LogP contribution is 2.36. The van der Waals surface area contributed by atoms with Gasteiger partial charge in [0, 0.05) is 9.82 Å². The van der Waals surface area contributed by atoms with Gasteiger partial charge in [0.05, 0.1) is 35.2 Å². The number of hydrogen-bond donors (Lipinski definition) is 0. The zero-order valence-corrected chi connectivity index (χ0v) is 13.4. The van der Waals surface area contributed by atoms with Crippen molar-refractivity contribution in [2.75, 3.05) is 26.3 Å². The molecule has 0 heterocycles. The lowest BCUT2D eigenvalue weighted by Gasteiger charge is -2.11. The van der Waals surface area contributed by atoms with Crippen LogP contribution in [0.4, 0.5) is 0 Å². The molecule has 0 aromatic heterocycles. The first-order chi connectivity index (χ1) is 9.69. The van der Waals surface area contributed by atoms with Crippen LogP contribution in [0.3, 0.4) is 0 Å². The third-order valence-corrected chi connectivity index (χ3v) is 3.25. The zero-order chi connectivity index (χ0) is 14.8. The molecule has 0 aliphatic rings. The Kier molecular flexibility index (Phi) is 7.67. The van der Waals surface area contributed by atoms with Crippen LogP contribution in [-0.4, -0.2) is 26.3 Å². The highest BCUT2D eigenvalue weighted by Gasteiger charge is 2.08. The lowest BCUT2D eigenvalue weighted by Crippen LogP contribution is -2.03. The summed E-state index contributed by atoms with van der Waals surface area (Å²) in [7, 11) is 0. The number of rotatable bonds is 8. The molecule has 10 heteroatoms. The Balaban J connectivity index is 2.65. The summed E-state index contributed by atoms with van der Waals surface area (Å²) in [6, 6.07) is 3.48. The van der Waals surface area contributed by atoms with E-state index in [9.17, 15) is 0 Å². The van der Waals surface area contributed by atoms with Crippen molar-refractivity contribution in [2.45, 2.75) is 0 Å². The molecule has 0 saturated carbocycles. The van der Waals surface area contributed by atoms with Gasteiger partial charge in [-0.15, -0.1) is 0 Å². The van der Waals surface area contributed by atoms with Crippen molar-refractivity contribution in [1.29, 1.82) is 0 Å². The molecular formula is C10H10Br2N6O2. The highest BCUT2D eigenvalue weighted by atomic mass is 79.9. The van der Waals surface area contributed by atoms with E-state index in [1.165, 1.54) is 0 Å². The quantitative estimate of drug-likeness (QED) is 0.272. The van der Waals surface area contributed by atoms with Crippen LogP contribution in [0.5, 0.6) is 11.5 Å². The van der Waals surface area contributed by atoms with Crippen LogP contribution in [0.1, 0.15) is 0 Å². The van der Waals surface area contributed by atoms with E-state index in [-0.39, 0.29) is 26.3 Å². The lowest BCUT2D eigenvalue weighted by atomic mass is 10.3. The maximum Gasteiger partial charge on any atom is 0.134 e. The minimum atomic E-state index is 0.255. The molecule has 1 rings (SSSR count). The number of azide groups is 2. The van der Waals surface area contributed by atoms with Crippen LogP contribution in [0.2, 0.25) is 0 Å². The fourth-order valence-electron chi connectivity index (χ4n) is 1.21. The van der Waals surface area contributed by atoms with Crippen LogP contribution in [-0.2, 0) is 0 Å². The molecular weight excluding hydrogens is 396 g/mol. The minimum Gasteiger partial charge on any atom is -0.492 e. The Hall–Kier alpha value is -1.60. The predicted octanol–water partition coefficient (Wildman–Crippen LogP) is 4.59. The van der Waals surface area contributed by atoms with Crippen LogP contribution in [0.15, 0.2) is 31.3 Å². The molecule has 0 atom stereocenters. The summed E-state index contributed by atoms with van der Waals surface area (Å²) in [5.74, 6) is 1.21. The van der Waals surface area contributed by atoms with Gasteiger partial charge in [0.15, 0.2) is 0 Å². The second-order valence-corrected chi connectivity index (χ2v) is 5.03. The van der Waals surface area contributed by atoms with Crippen molar-refractivity contribution < 1.29 is 9.47 Å². The topological polar surface area (TPSA) is 116 Å². The molecule has 0 fully saturated rings. The van der Waals surface area contributed by atoms with Crippen molar-refractivity contribution in [2.24, 2.45) is 10.2 Å². The number of halogens is 2. The standard InChI is InChI=1S/C10H10Br2N6O2/c11-7-6-10(20-4-2-16-18-14)8(12)5-9(7)19-3-1-15-17-13/h5-6H,1-4H2. The summed E-state index contributed by atoms with van der Waals surface area (Å²) in [4.78, 5) is 5.28. The Morgan fingerprint density at radius 3 is 1.65 bits per heavy atom. The highest BCUT2D eigenvalue weighted by molar-refractivity contribution is 9.11. The molecule has 1 aromatic rings. The first kappa shape index (κ1) is 16.5. The molecule has 8 nitrogen and oxygen atoms in total. The Morgan fingerprint density at radius 1 is 0.900 bits per heavy atom. The zero-order valence-electron chi connectivity index (χ0n) is 10.2. The maximum atomic E-state index is 8.16. The summed E-state index contributed by atoms with van der Waals surface area (Å²) in [5.41, 5.74) is 16.3. The van der Waals surface area contributed by atoms with Crippen molar-refractivity contribution in [3.63, 3.8) is 0 Å². The van der Waals surface area contributed by atoms with Crippen LogP contribution < -0.4 is 9.47 Å². The second kappa shape index (κ2) is 9.33. The normalized spacial score (nSPS) is 9.30. The molecule has 0 unspecified atom stereocenters. The van der Waals surface area contributed by atoms with E-state index >= 15 is 0 Å². The smallest absolute Gasteiger partial charge is 0.134 e. The molecule has 1 aromatic carbocycles. The van der Waals surface area contributed by atoms with E-state index in [4.69, 9.17) is 20.5 Å². The monoisotopic (exact) mass is 404 g/mol. The molecule has 0 spiro atoms. The van der Waals surface area contributed by atoms with E-state index in [0.717, 1.165) is 0 Å². The average molecular weight is 406 g/mol. The molecule has 0 N–H and O–H groups in total. The number of hydrogen-bond acceptors (Lipinski definition) is 4. The first-order valence-corrected chi connectivity index (χ1v) is 7.04. The van der Waals surface area contributed by atoms with Crippen LogP contribution in [0.25, 0.3) is 20.9 Å². The summed E-state index contributed by atoms with van der Waals surface area (Å²) >= 11 is 6.72. The average Bonchev–Trinajstić information content (AvgIpc) is 2.44. The van der Waals surface area contributed by atoms with Gasteiger partial charge in [0.1, 0.15) is 11.5 Å². The summed E-state index contributed by atoms with van der Waals surface area (Å²) in [6.07, 6.45) is 0. The van der Waals surface area contributed by atoms with Crippen LogP contribution in [0, 0.1) is 0 Å². The molecule has 0 saturated heterocycles. The third-order valence-electron chi connectivity index (χ3n) is 2.01. The Labute approximate surface area is 131 Å². The van der Waals surface area contributed by atoms with Gasteiger partial charge in [-0.05, 0) is 55.1 Å². The SMILES string of the molecule is [N-]=[N+]=NCCOc1cc(Br)c(OCCN=[N+]=[N-])cc1Br. The molecule has 0 aliphatic heterocycles. The van der Waals surface area contributed by atoms with Crippen molar-refractivity contribution >= 4 is 31.9 Å². The second-order valence-electron chi connectivity index (χ2n) is 3.32. The molecule has 0 aliphatic carbocycles. The van der Waals surface area contributed by atoms with Gasteiger partial charge in [-0.2, -0.15) is 0 Å². The molecule has 0 bridgehead atoms. The van der Waals surface area contributed by atoms with Gasteiger partial charge in [-0.25, -0.2) is 0 Å². The lowest BCUT2D eigenvalue weighted by molar-refractivity contribution is 0.316. The van der Waals surface area contributed by atoms with Gasteiger partial charge in [-0.3, -0.25) is 0 Å². The number of ether oxygens (including phenoxy) is 2. The van der Waals surface area contributed by atoms with Gasteiger partial charge < -0.3 is 9.47 Å². The number of benzene rings is 1. The number of nitrogens with zero attached hydrogens (tertiary/aromatic N) is 6. The Bertz CT molecular complexity index is 505. The van der Waals surface area contributed by atoms with Gasteiger partial charge in [0.25, 0.3) is 0 Å². The largest absolute Gasteiger partial charge is 0.492 e. The van der Waals surface area contributed by atoms with E-state index in [1.807, 2.05) is 0 Å². The summed E-state index contributed by atoms with van der Waals surface area (Å²) in [6.45, 7) is 1.08. The predicted molar refractivity (Wildman–Crippen MR) is 80.9 cm³/mol. The van der Waals surface area contributed by atoms with Gasteiger partial charge >= 0.3 is 0 Å². The van der Waals surface area contributed by atoms with E-state index in [1.54, 1.807) is 12.1 Å². The van der Waals surface area contributed by atoms with E-state index in [2.05, 4.69) is 51.9 Å². The summed E-state index contributed by atoms with van der Waals surface area (Å²) in [5, 5.41) is 6.76. The molecule has 0 radical (unpaired) electrons. The van der Waals surface area contributed by atoms with E-state index < -0.39 is 0 Å². The van der Waals surface area contributed by atoms with Crippen molar-refractivity contribution in [1.82, 2.24) is 0 Å². The molecule has 106 valence electrons. The fraction of sp³-hybridized carbons (Fsp3) is 0.400. The molecule has 0 amide bonds. The van der Waals surface area contributed by atoms with Crippen molar-refractivity contribution in [3.8, 4) is 11.5 Å². The Morgan fingerprint density at radius 2 is 1.30 bits per heavy atom. The van der Waals surface area contributed by atoms with Gasteiger partial charge in [0.2, 0.25) is 0 Å². The fourth-order valence-corrected chi connectivity index (χ4v) is 2.09. The van der Waals surface area contributed by atoms with Crippen molar-refractivity contribution in [3.05, 3.63) is 42.0 Å². The minimum absolute atomic E-state index is 0.255. The third kappa shape index (κ3) is 5.58. The molecule has 20 heavy (non-hydrogen) atoms. The van der Waals surface area contributed by atoms with Gasteiger partial charge in [-0.1, -0.05) is 10.2 Å². The first-order valence-electron chi connectivity index (χ1n) is 5.45. The van der Waals surface area contributed by atoms with Crippen LogP contribution >= 0.6 is 31.9 Å². The van der Waals surface area contributed by atoms with E-state index in [0.29, 0.717) is 20.4 Å².